The standard InChI is InChI=1S/C22H19NO3/c24-19-17-11-10-14-6-4-5-9-16(14)20(17)26-22-18(19)12-13-23(22)21(25)15-7-2-1-3-8-15/h1-11,18-19,22,24H,12-13H2/t18-,19+,22+/m1/s1. The number of hydrogen-bond donors (Lipinski definition) is 1. The van der Waals surface area contributed by atoms with E-state index in [1.165, 1.54) is 0 Å². The van der Waals surface area contributed by atoms with E-state index in [2.05, 4.69) is 0 Å². The summed E-state index contributed by atoms with van der Waals surface area (Å²) in [5.74, 6) is 0.551. The molecule has 0 spiro atoms. The number of carbonyl (C=O) groups is 1. The third-order valence-electron chi connectivity index (χ3n) is 5.53. The molecule has 0 aromatic heterocycles. The van der Waals surface area contributed by atoms with Crippen LogP contribution in [0.3, 0.4) is 0 Å². The van der Waals surface area contributed by atoms with Gasteiger partial charge in [-0.25, -0.2) is 0 Å². The van der Waals surface area contributed by atoms with Crippen molar-refractivity contribution in [3.8, 4) is 5.75 Å². The zero-order chi connectivity index (χ0) is 17.7. The minimum absolute atomic E-state index is 0.0472. The molecule has 1 amide bonds. The molecule has 26 heavy (non-hydrogen) atoms. The quantitative estimate of drug-likeness (QED) is 0.731. The van der Waals surface area contributed by atoms with Crippen molar-refractivity contribution in [1.82, 2.24) is 4.90 Å². The van der Waals surface area contributed by atoms with E-state index in [9.17, 15) is 9.90 Å². The highest BCUT2D eigenvalue weighted by Crippen LogP contribution is 2.47. The Morgan fingerprint density at radius 1 is 1.00 bits per heavy atom. The summed E-state index contributed by atoms with van der Waals surface area (Å²) in [7, 11) is 0. The molecule has 3 aromatic carbocycles. The zero-order valence-corrected chi connectivity index (χ0v) is 14.2. The number of likely N-dealkylation sites (tertiary alicyclic amines) is 1. The van der Waals surface area contributed by atoms with Crippen LogP contribution in [0.4, 0.5) is 0 Å². The monoisotopic (exact) mass is 345 g/mol. The first-order valence-electron chi connectivity index (χ1n) is 8.96. The molecule has 1 N–H and O–H groups in total. The molecule has 0 radical (unpaired) electrons. The van der Waals surface area contributed by atoms with Crippen LogP contribution in [0.15, 0.2) is 66.7 Å². The van der Waals surface area contributed by atoms with Crippen molar-refractivity contribution in [3.63, 3.8) is 0 Å². The average Bonchev–Trinajstić information content (AvgIpc) is 3.12. The summed E-state index contributed by atoms with van der Waals surface area (Å²) >= 11 is 0. The predicted molar refractivity (Wildman–Crippen MR) is 98.9 cm³/mol. The van der Waals surface area contributed by atoms with Crippen LogP contribution in [0.1, 0.15) is 28.4 Å². The van der Waals surface area contributed by atoms with Crippen LogP contribution < -0.4 is 4.74 Å². The smallest absolute Gasteiger partial charge is 0.256 e. The van der Waals surface area contributed by atoms with Crippen molar-refractivity contribution < 1.29 is 14.6 Å². The summed E-state index contributed by atoms with van der Waals surface area (Å²) in [4.78, 5) is 14.7. The minimum Gasteiger partial charge on any atom is -0.469 e. The van der Waals surface area contributed by atoms with E-state index in [0.717, 1.165) is 22.8 Å². The van der Waals surface area contributed by atoms with E-state index >= 15 is 0 Å². The maximum Gasteiger partial charge on any atom is 0.256 e. The zero-order valence-electron chi connectivity index (χ0n) is 14.2. The normalized spacial score (nSPS) is 24.0. The van der Waals surface area contributed by atoms with Crippen LogP contribution in [0.25, 0.3) is 10.8 Å². The number of fused-ring (bicyclic) bond motifs is 4. The van der Waals surface area contributed by atoms with Gasteiger partial charge in [-0.3, -0.25) is 4.79 Å². The molecule has 2 aliphatic heterocycles. The number of benzene rings is 3. The number of carbonyl (C=O) groups excluding carboxylic acids is 1. The van der Waals surface area contributed by atoms with Gasteiger partial charge in [-0.1, -0.05) is 54.6 Å². The second-order valence-electron chi connectivity index (χ2n) is 6.98. The first-order chi connectivity index (χ1) is 12.7. The summed E-state index contributed by atoms with van der Waals surface area (Å²) in [6.07, 6.45) is -0.325. The van der Waals surface area contributed by atoms with Crippen LogP contribution in [0.2, 0.25) is 0 Å². The van der Waals surface area contributed by atoms with Gasteiger partial charge in [0, 0.05) is 29.0 Å². The van der Waals surface area contributed by atoms with Crippen molar-refractivity contribution in [1.29, 1.82) is 0 Å². The summed E-state index contributed by atoms with van der Waals surface area (Å²) < 4.78 is 6.34. The minimum atomic E-state index is -0.623. The molecule has 0 bridgehead atoms. The first-order valence-corrected chi connectivity index (χ1v) is 8.96. The Morgan fingerprint density at radius 3 is 2.62 bits per heavy atom. The Kier molecular flexibility index (Phi) is 3.47. The molecule has 0 unspecified atom stereocenters. The van der Waals surface area contributed by atoms with Gasteiger partial charge in [-0.15, -0.1) is 0 Å². The van der Waals surface area contributed by atoms with Crippen molar-refractivity contribution in [2.75, 3.05) is 6.54 Å². The van der Waals surface area contributed by atoms with E-state index in [1.54, 1.807) is 4.90 Å². The Bertz CT molecular complexity index is 985. The second kappa shape index (κ2) is 5.85. The number of aliphatic hydroxyl groups is 1. The lowest BCUT2D eigenvalue weighted by Gasteiger charge is -2.37. The third-order valence-corrected chi connectivity index (χ3v) is 5.53. The van der Waals surface area contributed by atoms with Gasteiger partial charge >= 0.3 is 0 Å². The molecule has 3 aromatic rings. The number of aliphatic hydroxyl groups excluding tert-OH is 1. The summed E-state index contributed by atoms with van der Waals surface area (Å²) in [6, 6.07) is 21.2. The highest BCUT2D eigenvalue weighted by Gasteiger charge is 2.47. The molecular weight excluding hydrogens is 326 g/mol. The fourth-order valence-corrected chi connectivity index (χ4v) is 4.19. The van der Waals surface area contributed by atoms with E-state index in [4.69, 9.17) is 4.74 Å². The van der Waals surface area contributed by atoms with Crippen LogP contribution in [-0.2, 0) is 0 Å². The highest BCUT2D eigenvalue weighted by atomic mass is 16.5. The Hall–Kier alpha value is -2.85. The molecule has 1 fully saturated rings. The van der Waals surface area contributed by atoms with Crippen molar-refractivity contribution in [3.05, 3.63) is 77.9 Å². The summed E-state index contributed by atoms with van der Waals surface area (Å²) in [5, 5.41) is 13.0. The summed E-state index contributed by atoms with van der Waals surface area (Å²) in [5.41, 5.74) is 1.47. The van der Waals surface area contributed by atoms with E-state index in [0.29, 0.717) is 17.9 Å². The molecule has 1 saturated heterocycles. The molecule has 5 rings (SSSR count). The van der Waals surface area contributed by atoms with Crippen LogP contribution in [-0.4, -0.2) is 28.7 Å². The maximum absolute atomic E-state index is 12.9. The predicted octanol–water partition coefficient (Wildman–Crippen LogP) is 3.75. The lowest BCUT2D eigenvalue weighted by Crippen LogP contribution is -2.45. The Morgan fingerprint density at radius 2 is 1.77 bits per heavy atom. The maximum atomic E-state index is 12.9. The number of rotatable bonds is 1. The largest absolute Gasteiger partial charge is 0.469 e. The van der Waals surface area contributed by atoms with Gasteiger partial charge < -0.3 is 14.7 Å². The van der Waals surface area contributed by atoms with Crippen molar-refractivity contribution >= 4 is 16.7 Å². The van der Waals surface area contributed by atoms with Crippen LogP contribution in [0.5, 0.6) is 5.75 Å². The fraction of sp³-hybridized carbons (Fsp3) is 0.227. The Balaban J connectivity index is 1.56. The summed E-state index contributed by atoms with van der Waals surface area (Å²) in [6.45, 7) is 0.589. The van der Waals surface area contributed by atoms with Crippen molar-refractivity contribution in [2.45, 2.75) is 18.8 Å². The number of amides is 1. The molecular formula is C22H19NO3. The molecule has 130 valence electrons. The first kappa shape index (κ1) is 15.4. The second-order valence-corrected chi connectivity index (χ2v) is 6.98. The van der Waals surface area contributed by atoms with Gasteiger partial charge in [0.2, 0.25) is 0 Å². The molecule has 4 heteroatoms. The molecule has 2 heterocycles. The van der Waals surface area contributed by atoms with Gasteiger partial charge in [0.25, 0.3) is 5.91 Å². The van der Waals surface area contributed by atoms with E-state index in [-0.39, 0.29) is 11.8 Å². The molecule has 0 aliphatic carbocycles. The van der Waals surface area contributed by atoms with Gasteiger partial charge in [0.15, 0.2) is 6.23 Å². The molecule has 3 atom stereocenters. The van der Waals surface area contributed by atoms with Crippen molar-refractivity contribution in [2.24, 2.45) is 5.92 Å². The van der Waals surface area contributed by atoms with Gasteiger partial charge in [0.1, 0.15) is 5.75 Å². The van der Waals surface area contributed by atoms with Gasteiger partial charge in [-0.05, 0) is 23.9 Å². The average molecular weight is 345 g/mol. The van der Waals surface area contributed by atoms with E-state index in [1.807, 2.05) is 66.7 Å². The third kappa shape index (κ3) is 2.22. The number of hydrogen-bond acceptors (Lipinski definition) is 3. The highest BCUT2D eigenvalue weighted by molar-refractivity contribution is 5.95. The Labute approximate surface area is 151 Å². The van der Waals surface area contributed by atoms with Crippen LogP contribution >= 0.6 is 0 Å². The lowest BCUT2D eigenvalue weighted by molar-refractivity contribution is -0.0313. The van der Waals surface area contributed by atoms with Gasteiger partial charge in [-0.2, -0.15) is 0 Å². The topological polar surface area (TPSA) is 49.8 Å². The number of ether oxygens (including phenoxy) is 1. The SMILES string of the molecule is O=C(c1ccccc1)N1CC[C@@H]2[C@@H](O)c3ccc4ccccc4c3O[C@@H]21. The molecule has 2 aliphatic rings. The lowest BCUT2D eigenvalue weighted by atomic mass is 9.89. The van der Waals surface area contributed by atoms with Crippen LogP contribution in [0, 0.1) is 5.92 Å². The molecule has 4 nitrogen and oxygen atoms in total. The fourth-order valence-electron chi connectivity index (χ4n) is 4.19. The van der Waals surface area contributed by atoms with Gasteiger partial charge in [0.05, 0.1) is 6.10 Å². The molecule has 0 saturated carbocycles. The number of nitrogens with zero attached hydrogens (tertiary/aromatic N) is 1. The van der Waals surface area contributed by atoms with E-state index < -0.39 is 12.3 Å².